The van der Waals surface area contributed by atoms with Gasteiger partial charge in [-0.05, 0) is 44.7 Å². The van der Waals surface area contributed by atoms with Crippen LogP contribution in [0.4, 0.5) is 0 Å². The standard InChI is InChI=1S/C20H31N3O2/c1-17(2)22-11-12-25-16-20(14-22)8-4-10-23(15-20)19(24)7-6-18-5-3-9-21-13-18/h3,5,9,13,17H,4,6-8,10-12,14-16H2,1-2H3/t20-/m0/s1. The van der Waals surface area contributed by atoms with E-state index < -0.39 is 0 Å². The zero-order valence-electron chi connectivity index (χ0n) is 15.6. The molecule has 0 bridgehead atoms. The number of piperidine rings is 1. The van der Waals surface area contributed by atoms with Crippen LogP contribution in [0.15, 0.2) is 24.5 Å². The second-order valence-corrected chi connectivity index (χ2v) is 7.90. The molecule has 0 radical (unpaired) electrons. The zero-order chi connectivity index (χ0) is 17.7. The molecule has 1 amide bonds. The minimum Gasteiger partial charge on any atom is -0.379 e. The highest BCUT2D eigenvalue weighted by atomic mass is 16.5. The normalized spacial score (nSPS) is 25.3. The Kier molecular flexibility index (Phi) is 6.07. The van der Waals surface area contributed by atoms with Crippen molar-refractivity contribution in [2.24, 2.45) is 5.41 Å². The highest BCUT2D eigenvalue weighted by Crippen LogP contribution is 2.33. The number of ether oxygens (including phenoxy) is 1. The molecule has 5 nitrogen and oxygen atoms in total. The van der Waals surface area contributed by atoms with Crippen molar-refractivity contribution in [2.75, 3.05) is 39.4 Å². The van der Waals surface area contributed by atoms with Gasteiger partial charge >= 0.3 is 0 Å². The third kappa shape index (κ3) is 4.79. The lowest BCUT2D eigenvalue weighted by atomic mass is 9.79. The number of pyridine rings is 1. The Labute approximate surface area is 151 Å². The lowest BCUT2D eigenvalue weighted by molar-refractivity contribution is -0.136. The monoisotopic (exact) mass is 345 g/mol. The van der Waals surface area contributed by atoms with E-state index in [0.717, 1.165) is 64.2 Å². The van der Waals surface area contributed by atoms with Gasteiger partial charge in [-0.25, -0.2) is 0 Å². The Bertz CT molecular complexity index is 563. The number of amides is 1. The van der Waals surface area contributed by atoms with E-state index in [0.29, 0.717) is 12.5 Å². The van der Waals surface area contributed by atoms with Gasteiger partial charge < -0.3 is 9.64 Å². The fraction of sp³-hybridized carbons (Fsp3) is 0.700. The van der Waals surface area contributed by atoms with Crippen molar-refractivity contribution in [1.29, 1.82) is 0 Å². The van der Waals surface area contributed by atoms with E-state index in [9.17, 15) is 4.79 Å². The number of aryl methyl sites for hydroxylation is 1. The lowest BCUT2D eigenvalue weighted by Gasteiger charge is -2.44. The number of hydrogen-bond acceptors (Lipinski definition) is 4. The molecule has 3 heterocycles. The number of carbonyl (C=O) groups is 1. The van der Waals surface area contributed by atoms with Gasteiger partial charge in [-0.2, -0.15) is 0 Å². The Morgan fingerprint density at radius 2 is 2.24 bits per heavy atom. The third-order valence-electron chi connectivity index (χ3n) is 5.56. The first-order chi connectivity index (χ1) is 12.1. The molecule has 2 aliphatic rings. The number of aromatic nitrogens is 1. The minimum atomic E-state index is 0.100. The molecule has 138 valence electrons. The summed E-state index contributed by atoms with van der Waals surface area (Å²) in [4.78, 5) is 21.5. The summed E-state index contributed by atoms with van der Waals surface area (Å²) < 4.78 is 5.94. The number of hydrogen-bond donors (Lipinski definition) is 0. The number of carbonyl (C=O) groups excluding carboxylic acids is 1. The quantitative estimate of drug-likeness (QED) is 0.840. The summed E-state index contributed by atoms with van der Waals surface area (Å²) in [5, 5.41) is 0. The van der Waals surface area contributed by atoms with Gasteiger partial charge in [0.1, 0.15) is 0 Å². The summed E-state index contributed by atoms with van der Waals surface area (Å²) in [5.41, 5.74) is 1.23. The van der Waals surface area contributed by atoms with E-state index >= 15 is 0 Å². The second kappa shape index (κ2) is 8.28. The molecular formula is C20H31N3O2. The van der Waals surface area contributed by atoms with Gasteiger partial charge in [0.05, 0.1) is 13.2 Å². The van der Waals surface area contributed by atoms with E-state index in [1.165, 1.54) is 0 Å². The summed E-state index contributed by atoms with van der Waals surface area (Å²) in [6, 6.07) is 4.49. The Balaban J connectivity index is 1.60. The van der Waals surface area contributed by atoms with Crippen molar-refractivity contribution in [2.45, 2.75) is 45.6 Å². The van der Waals surface area contributed by atoms with E-state index in [1.54, 1.807) is 6.20 Å². The van der Waals surface area contributed by atoms with Crippen LogP contribution in [0.1, 0.15) is 38.7 Å². The van der Waals surface area contributed by atoms with Crippen molar-refractivity contribution < 1.29 is 9.53 Å². The first kappa shape index (κ1) is 18.3. The first-order valence-electron chi connectivity index (χ1n) is 9.56. The Morgan fingerprint density at radius 1 is 1.36 bits per heavy atom. The molecule has 5 heteroatoms. The SMILES string of the molecule is CC(C)N1CCOC[C@@]2(CCCN(C(=O)CCc3cccnc3)C2)C1. The molecule has 1 aromatic heterocycles. The molecule has 2 fully saturated rings. The number of likely N-dealkylation sites (tertiary alicyclic amines) is 1. The van der Waals surface area contributed by atoms with Crippen molar-refractivity contribution in [3.8, 4) is 0 Å². The molecule has 0 aromatic carbocycles. The van der Waals surface area contributed by atoms with E-state index in [4.69, 9.17) is 4.74 Å². The minimum absolute atomic E-state index is 0.100. The zero-order valence-corrected chi connectivity index (χ0v) is 15.6. The molecule has 1 atom stereocenters. The van der Waals surface area contributed by atoms with Crippen LogP contribution in [-0.4, -0.2) is 66.1 Å². The van der Waals surface area contributed by atoms with Gasteiger partial charge in [-0.1, -0.05) is 6.07 Å². The average molecular weight is 345 g/mol. The maximum absolute atomic E-state index is 12.7. The van der Waals surface area contributed by atoms with Gasteiger partial charge in [0.25, 0.3) is 0 Å². The molecule has 0 aliphatic carbocycles. The van der Waals surface area contributed by atoms with Crippen LogP contribution in [0, 0.1) is 5.41 Å². The Hall–Kier alpha value is -1.46. The largest absolute Gasteiger partial charge is 0.379 e. The topological polar surface area (TPSA) is 45.7 Å². The third-order valence-corrected chi connectivity index (χ3v) is 5.56. The predicted molar refractivity (Wildman–Crippen MR) is 98.3 cm³/mol. The average Bonchev–Trinajstić information content (AvgIpc) is 2.83. The number of nitrogens with zero attached hydrogens (tertiary/aromatic N) is 3. The van der Waals surface area contributed by atoms with Crippen LogP contribution in [-0.2, 0) is 16.0 Å². The fourth-order valence-electron chi connectivity index (χ4n) is 4.09. The van der Waals surface area contributed by atoms with Gasteiger partial charge in [-0.15, -0.1) is 0 Å². The predicted octanol–water partition coefficient (Wildman–Crippen LogP) is 2.36. The van der Waals surface area contributed by atoms with Gasteiger partial charge in [0, 0.05) is 56.5 Å². The molecule has 0 saturated carbocycles. The molecular weight excluding hydrogens is 314 g/mol. The second-order valence-electron chi connectivity index (χ2n) is 7.90. The molecule has 1 spiro atoms. The highest BCUT2D eigenvalue weighted by molar-refractivity contribution is 5.76. The van der Waals surface area contributed by atoms with E-state index in [-0.39, 0.29) is 11.3 Å². The highest BCUT2D eigenvalue weighted by Gasteiger charge is 2.40. The van der Waals surface area contributed by atoms with Crippen molar-refractivity contribution >= 4 is 5.91 Å². The van der Waals surface area contributed by atoms with Crippen molar-refractivity contribution in [3.05, 3.63) is 30.1 Å². The lowest BCUT2D eigenvalue weighted by Crippen LogP contribution is -2.53. The molecule has 2 saturated heterocycles. The van der Waals surface area contributed by atoms with Crippen LogP contribution in [0.2, 0.25) is 0 Å². The molecule has 0 N–H and O–H groups in total. The summed E-state index contributed by atoms with van der Waals surface area (Å²) in [6.07, 6.45) is 7.19. The molecule has 2 aliphatic heterocycles. The summed E-state index contributed by atoms with van der Waals surface area (Å²) in [6.45, 7) is 9.83. The fourth-order valence-corrected chi connectivity index (χ4v) is 4.09. The van der Waals surface area contributed by atoms with Crippen molar-refractivity contribution in [1.82, 2.24) is 14.8 Å². The van der Waals surface area contributed by atoms with Crippen LogP contribution in [0.5, 0.6) is 0 Å². The summed E-state index contributed by atoms with van der Waals surface area (Å²) in [5.74, 6) is 0.267. The summed E-state index contributed by atoms with van der Waals surface area (Å²) >= 11 is 0. The van der Waals surface area contributed by atoms with Gasteiger partial charge in [0.15, 0.2) is 0 Å². The molecule has 25 heavy (non-hydrogen) atoms. The van der Waals surface area contributed by atoms with E-state index in [2.05, 4.69) is 28.6 Å². The molecule has 0 unspecified atom stereocenters. The van der Waals surface area contributed by atoms with Crippen LogP contribution >= 0.6 is 0 Å². The Morgan fingerprint density at radius 3 is 3.00 bits per heavy atom. The van der Waals surface area contributed by atoms with Gasteiger partial charge in [0.2, 0.25) is 5.91 Å². The summed E-state index contributed by atoms with van der Waals surface area (Å²) in [7, 11) is 0. The van der Waals surface area contributed by atoms with Crippen LogP contribution in [0.3, 0.4) is 0 Å². The molecule has 1 aromatic rings. The van der Waals surface area contributed by atoms with Crippen molar-refractivity contribution in [3.63, 3.8) is 0 Å². The number of rotatable bonds is 4. The van der Waals surface area contributed by atoms with Crippen LogP contribution < -0.4 is 0 Å². The van der Waals surface area contributed by atoms with Crippen LogP contribution in [0.25, 0.3) is 0 Å². The molecule has 3 rings (SSSR count). The first-order valence-corrected chi connectivity index (χ1v) is 9.56. The maximum Gasteiger partial charge on any atom is 0.222 e. The maximum atomic E-state index is 12.7. The van der Waals surface area contributed by atoms with E-state index in [1.807, 2.05) is 18.3 Å². The van der Waals surface area contributed by atoms with Gasteiger partial charge in [-0.3, -0.25) is 14.7 Å². The smallest absolute Gasteiger partial charge is 0.222 e.